The Bertz CT molecular complexity index is 689. The molecule has 0 aliphatic carbocycles. The highest BCUT2D eigenvalue weighted by Gasteiger charge is 2.32. The van der Waals surface area contributed by atoms with Crippen molar-refractivity contribution < 1.29 is 13.2 Å². The highest BCUT2D eigenvalue weighted by Crippen LogP contribution is 2.24. The van der Waals surface area contributed by atoms with Gasteiger partial charge in [-0.25, -0.2) is 8.42 Å². The van der Waals surface area contributed by atoms with Crippen molar-refractivity contribution >= 4 is 15.9 Å². The van der Waals surface area contributed by atoms with Crippen LogP contribution in [0, 0.1) is 11.8 Å². The third-order valence-corrected chi connectivity index (χ3v) is 6.96. The molecule has 0 radical (unpaired) electrons. The fourth-order valence-electron chi connectivity index (χ4n) is 3.40. The van der Waals surface area contributed by atoms with Crippen LogP contribution in [0.15, 0.2) is 23.4 Å². The van der Waals surface area contributed by atoms with Crippen LogP contribution in [-0.2, 0) is 21.9 Å². The van der Waals surface area contributed by atoms with E-state index in [0.717, 1.165) is 12.8 Å². The number of nitrogens with zero attached hydrogens (tertiary/aromatic N) is 2. The Kier molecular flexibility index (Phi) is 7.29. The SMILES string of the molecule is CC(C)CCC[C@@H](C)NC(=O)C1CCN(S(=O)(=O)c2ccn(C)c2)CC1. The predicted molar refractivity (Wildman–Crippen MR) is 103 cm³/mol. The van der Waals surface area contributed by atoms with Crippen molar-refractivity contribution in [1.29, 1.82) is 0 Å². The lowest BCUT2D eigenvalue weighted by atomic mass is 9.96. The minimum Gasteiger partial charge on any atom is -0.356 e. The van der Waals surface area contributed by atoms with Gasteiger partial charge in [0.25, 0.3) is 0 Å². The van der Waals surface area contributed by atoms with E-state index in [2.05, 4.69) is 19.2 Å². The van der Waals surface area contributed by atoms with Crippen LogP contribution in [0.25, 0.3) is 0 Å². The second-order valence-corrected chi connectivity index (χ2v) is 9.86. The summed E-state index contributed by atoms with van der Waals surface area (Å²) in [6.45, 7) is 7.27. The van der Waals surface area contributed by atoms with Gasteiger partial charge in [0.1, 0.15) is 0 Å². The molecule has 0 unspecified atom stereocenters. The minimum absolute atomic E-state index is 0.0683. The topological polar surface area (TPSA) is 71.4 Å². The molecule has 1 aromatic heterocycles. The molecule has 1 aliphatic heterocycles. The standard InChI is InChI=1S/C19H33N3O3S/c1-15(2)6-5-7-16(3)20-19(23)17-8-12-22(13-9-17)26(24,25)18-10-11-21(4)14-18/h10-11,14-17H,5-9,12-13H2,1-4H3,(H,20,23)/t16-/m1/s1. The highest BCUT2D eigenvalue weighted by molar-refractivity contribution is 7.89. The van der Waals surface area contributed by atoms with Gasteiger partial charge in [-0.05, 0) is 38.2 Å². The van der Waals surface area contributed by atoms with Gasteiger partial charge in [-0.3, -0.25) is 4.79 Å². The molecule has 0 bridgehead atoms. The molecule has 1 fully saturated rings. The van der Waals surface area contributed by atoms with Crippen LogP contribution in [0.4, 0.5) is 0 Å². The fraction of sp³-hybridized carbons (Fsp3) is 0.737. The van der Waals surface area contributed by atoms with Gasteiger partial charge >= 0.3 is 0 Å². The summed E-state index contributed by atoms with van der Waals surface area (Å²) < 4.78 is 28.5. The Morgan fingerprint density at radius 2 is 1.88 bits per heavy atom. The number of carbonyl (C=O) groups excluding carboxylic acids is 1. The number of aryl methyl sites for hydroxylation is 1. The zero-order valence-corrected chi connectivity index (χ0v) is 17.3. The van der Waals surface area contributed by atoms with Crippen molar-refractivity contribution in [2.45, 2.75) is 63.8 Å². The number of piperidine rings is 1. The molecule has 1 aromatic rings. The Morgan fingerprint density at radius 3 is 2.42 bits per heavy atom. The summed E-state index contributed by atoms with van der Waals surface area (Å²) in [5.74, 6) is 0.664. The first-order chi connectivity index (χ1) is 12.2. The molecule has 26 heavy (non-hydrogen) atoms. The van der Waals surface area contributed by atoms with Gasteiger partial charge < -0.3 is 9.88 Å². The Hall–Kier alpha value is -1.34. The van der Waals surface area contributed by atoms with Crippen LogP contribution in [0.2, 0.25) is 0 Å². The first-order valence-electron chi connectivity index (χ1n) is 9.62. The average molecular weight is 384 g/mol. The van der Waals surface area contributed by atoms with Crippen molar-refractivity contribution in [3.8, 4) is 0 Å². The number of nitrogens with one attached hydrogen (secondary N) is 1. The Morgan fingerprint density at radius 1 is 1.23 bits per heavy atom. The van der Waals surface area contributed by atoms with E-state index in [-0.39, 0.29) is 17.9 Å². The number of aromatic nitrogens is 1. The first-order valence-corrected chi connectivity index (χ1v) is 11.1. The second-order valence-electron chi connectivity index (χ2n) is 7.93. The molecule has 1 aliphatic rings. The third kappa shape index (κ3) is 5.58. The van der Waals surface area contributed by atoms with E-state index in [1.54, 1.807) is 30.1 Å². The molecule has 0 aromatic carbocycles. The lowest BCUT2D eigenvalue weighted by molar-refractivity contribution is -0.126. The van der Waals surface area contributed by atoms with E-state index >= 15 is 0 Å². The number of hydrogen-bond donors (Lipinski definition) is 1. The molecule has 1 atom stereocenters. The molecular weight excluding hydrogens is 350 g/mol. The normalized spacial score (nSPS) is 18.2. The van der Waals surface area contributed by atoms with Crippen LogP contribution in [0.3, 0.4) is 0 Å². The molecule has 1 N–H and O–H groups in total. The predicted octanol–water partition coefficient (Wildman–Crippen LogP) is 2.76. The fourth-order valence-corrected chi connectivity index (χ4v) is 4.92. The molecule has 1 amide bonds. The monoisotopic (exact) mass is 383 g/mol. The summed E-state index contributed by atoms with van der Waals surface area (Å²) >= 11 is 0. The van der Waals surface area contributed by atoms with Gasteiger partial charge in [0.05, 0.1) is 4.90 Å². The Balaban J connectivity index is 1.81. The summed E-state index contributed by atoms with van der Waals surface area (Å²) in [6, 6.07) is 1.79. The van der Waals surface area contributed by atoms with E-state index in [1.807, 2.05) is 6.92 Å². The molecule has 6 nitrogen and oxygen atoms in total. The van der Waals surface area contributed by atoms with E-state index in [4.69, 9.17) is 0 Å². The second kappa shape index (κ2) is 9.04. The largest absolute Gasteiger partial charge is 0.356 e. The Labute approximate surface area is 158 Å². The van der Waals surface area contributed by atoms with Gasteiger partial charge in [0, 0.05) is 44.5 Å². The van der Waals surface area contributed by atoms with Crippen LogP contribution < -0.4 is 5.32 Å². The molecular formula is C19H33N3O3S. The van der Waals surface area contributed by atoms with Crippen LogP contribution in [-0.4, -0.2) is 42.3 Å². The van der Waals surface area contributed by atoms with Crippen LogP contribution in [0.1, 0.15) is 52.9 Å². The van der Waals surface area contributed by atoms with E-state index in [9.17, 15) is 13.2 Å². The number of sulfonamides is 1. The molecule has 0 spiro atoms. The molecule has 1 saturated heterocycles. The van der Waals surface area contributed by atoms with E-state index in [0.29, 0.717) is 36.7 Å². The number of hydrogen-bond acceptors (Lipinski definition) is 3. The zero-order valence-electron chi connectivity index (χ0n) is 16.4. The lowest BCUT2D eigenvalue weighted by Crippen LogP contribution is -2.44. The molecule has 7 heteroatoms. The first kappa shape index (κ1) is 21.0. The maximum atomic E-state index is 12.6. The summed E-state index contributed by atoms with van der Waals surface area (Å²) in [5.41, 5.74) is 0. The maximum Gasteiger partial charge on any atom is 0.244 e. The molecule has 0 saturated carbocycles. The van der Waals surface area contributed by atoms with Crippen molar-refractivity contribution in [3.63, 3.8) is 0 Å². The number of rotatable bonds is 8. The van der Waals surface area contributed by atoms with Gasteiger partial charge in [-0.1, -0.05) is 26.7 Å². The number of amides is 1. The van der Waals surface area contributed by atoms with Crippen molar-refractivity contribution in [3.05, 3.63) is 18.5 Å². The zero-order chi connectivity index (χ0) is 19.3. The molecule has 2 rings (SSSR count). The van der Waals surface area contributed by atoms with Crippen LogP contribution in [0.5, 0.6) is 0 Å². The summed E-state index contributed by atoms with van der Waals surface area (Å²) in [7, 11) is -1.65. The third-order valence-electron chi connectivity index (χ3n) is 5.07. The highest BCUT2D eigenvalue weighted by atomic mass is 32.2. The van der Waals surface area contributed by atoms with E-state index in [1.165, 1.54) is 10.7 Å². The van der Waals surface area contributed by atoms with E-state index < -0.39 is 10.0 Å². The molecule has 2 heterocycles. The van der Waals surface area contributed by atoms with Gasteiger partial charge in [-0.15, -0.1) is 0 Å². The van der Waals surface area contributed by atoms with Gasteiger partial charge in [-0.2, -0.15) is 4.31 Å². The van der Waals surface area contributed by atoms with Crippen molar-refractivity contribution in [1.82, 2.24) is 14.2 Å². The minimum atomic E-state index is -3.45. The summed E-state index contributed by atoms with van der Waals surface area (Å²) in [4.78, 5) is 12.8. The van der Waals surface area contributed by atoms with Crippen molar-refractivity contribution in [2.75, 3.05) is 13.1 Å². The quantitative estimate of drug-likeness (QED) is 0.750. The summed E-state index contributed by atoms with van der Waals surface area (Å²) in [6.07, 6.45) is 7.79. The smallest absolute Gasteiger partial charge is 0.244 e. The average Bonchev–Trinajstić information content (AvgIpc) is 3.02. The lowest BCUT2D eigenvalue weighted by Gasteiger charge is -2.31. The maximum absolute atomic E-state index is 12.6. The summed E-state index contributed by atoms with van der Waals surface area (Å²) in [5, 5.41) is 3.10. The molecule has 148 valence electrons. The van der Waals surface area contributed by atoms with Crippen LogP contribution >= 0.6 is 0 Å². The number of carbonyl (C=O) groups is 1. The van der Waals surface area contributed by atoms with Gasteiger partial charge in [0.15, 0.2) is 0 Å². The van der Waals surface area contributed by atoms with Gasteiger partial charge in [0.2, 0.25) is 15.9 Å². The van der Waals surface area contributed by atoms with Crippen molar-refractivity contribution in [2.24, 2.45) is 18.9 Å².